The van der Waals surface area contributed by atoms with E-state index in [2.05, 4.69) is 0 Å². The van der Waals surface area contributed by atoms with E-state index in [0.717, 1.165) is 12.1 Å². The number of carbonyl (C=O) groups is 1. The number of hydrogen-bond acceptors (Lipinski definition) is 6. The summed E-state index contributed by atoms with van der Waals surface area (Å²) in [6.07, 6.45) is 0. The number of halogens is 2. The van der Waals surface area contributed by atoms with Gasteiger partial charge in [-0.2, -0.15) is 0 Å². The number of benzene rings is 1. The first-order chi connectivity index (χ1) is 9.84. The minimum Gasteiger partial charge on any atom is -0.460 e. The molecule has 0 atom stereocenters. The summed E-state index contributed by atoms with van der Waals surface area (Å²) >= 11 is 0. The second-order valence-corrected chi connectivity index (χ2v) is 6.42. The van der Waals surface area contributed by atoms with Crippen molar-refractivity contribution in [3.63, 3.8) is 0 Å². The zero-order chi connectivity index (χ0) is 15.9. The van der Waals surface area contributed by atoms with Crippen LogP contribution in [-0.4, -0.2) is 47.9 Å². The second-order valence-electron chi connectivity index (χ2n) is 3.85. The maximum absolute atomic E-state index is 13.3. The Morgan fingerprint density at radius 2 is 1.86 bits per heavy atom. The standard InChI is InChI=1S/C12H14ClFO6S/c1-18-2-3-19-4-5-20-12(15)9-6-10(14)8-11(7-9)21(13,16)17/h6-8H,2-5H2,1H3. The topological polar surface area (TPSA) is 78.9 Å². The molecule has 0 N–H and O–H groups in total. The third-order valence-electron chi connectivity index (χ3n) is 2.28. The van der Waals surface area contributed by atoms with Crippen LogP contribution < -0.4 is 0 Å². The number of carbonyl (C=O) groups excluding carboxylic acids is 1. The van der Waals surface area contributed by atoms with Gasteiger partial charge in [0.25, 0.3) is 9.05 Å². The molecule has 0 bridgehead atoms. The zero-order valence-electron chi connectivity index (χ0n) is 11.2. The first-order valence-electron chi connectivity index (χ1n) is 5.83. The maximum atomic E-state index is 13.3. The van der Waals surface area contributed by atoms with Crippen LogP contribution in [-0.2, 0) is 23.3 Å². The molecule has 0 amide bonds. The van der Waals surface area contributed by atoms with Gasteiger partial charge in [-0.3, -0.25) is 0 Å². The van der Waals surface area contributed by atoms with Crippen LogP contribution in [0, 0.1) is 5.82 Å². The highest BCUT2D eigenvalue weighted by Crippen LogP contribution is 2.19. The van der Waals surface area contributed by atoms with Crippen LogP contribution in [0.4, 0.5) is 4.39 Å². The summed E-state index contributed by atoms with van der Waals surface area (Å²) in [7, 11) is 2.50. The predicted octanol–water partition coefficient (Wildman–Crippen LogP) is 1.57. The first kappa shape index (κ1) is 17.8. The predicted molar refractivity (Wildman–Crippen MR) is 72.4 cm³/mol. The van der Waals surface area contributed by atoms with Gasteiger partial charge in [0.15, 0.2) is 0 Å². The Morgan fingerprint density at radius 1 is 1.19 bits per heavy atom. The minimum absolute atomic E-state index is 0.0536. The molecule has 0 spiro atoms. The molecule has 0 aliphatic rings. The number of methoxy groups -OCH3 is 1. The summed E-state index contributed by atoms with van der Waals surface area (Å²) < 4.78 is 50.2. The van der Waals surface area contributed by atoms with Crippen molar-refractivity contribution in [2.75, 3.05) is 33.5 Å². The van der Waals surface area contributed by atoms with Gasteiger partial charge in [0, 0.05) is 17.8 Å². The van der Waals surface area contributed by atoms with Crippen LogP contribution in [0.1, 0.15) is 10.4 Å². The van der Waals surface area contributed by atoms with Crippen molar-refractivity contribution in [2.24, 2.45) is 0 Å². The third-order valence-corrected chi connectivity index (χ3v) is 3.61. The molecule has 6 nitrogen and oxygen atoms in total. The summed E-state index contributed by atoms with van der Waals surface area (Å²) in [4.78, 5) is 11.2. The van der Waals surface area contributed by atoms with E-state index < -0.39 is 25.7 Å². The van der Waals surface area contributed by atoms with Crippen LogP contribution in [0.5, 0.6) is 0 Å². The first-order valence-corrected chi connectivity index (χ1v) is 8.14. The molecule has 1 rings (SSSR count). The minimum atomic E-state index is -4.13. The quantitative estimate of drug-likeness (QED) is 0.406. The highest BCUT2D eigenvalue weighted by atomic mass is 35.7. The number of rotatable bonds is 8. The Kier molecular flexibility index (Phi) is 7.03. The van der Waals surface area contributed by atoms with Gasteiger partial charge in [-0.05, 0) is 18.2 Å². The molecule has 0 aromatic heterocycles. The summed E-state index contributed by atoms with van der Waals surface area (Å²) in [5.41, 5.74) is -0.244. The monoisotopic (exact) mass is 340 g/mol. The Hall–Kier alpha value is -1.22. The molecule has 9 heteroatoms. The average Bonchev–Trinajstić information content (AvgIpc) is 2.40. The molecule has 21 heavy (non-hydrogen) atoms. The fourth-order valence-corrected chi connectivity index (χ4v) is 2.13. The third kappa shape index (κ3) is 6.38. The van der Waals surface area contributed by atoms with Gasteiger partial charge in [0.2, 0.25) is 0 Å². The zero-order valence-corrected chi connectivity index (χ0v) is 12.7. The molecule has 0 fully saturated rings. The molecule has 0 unspecified atom stereocenters. The van der Waals surface area contributed by atoms with Crippen LogP contribution in [0.3, 0.4) is 0 Å². The Morgan fingerprint density at radius 3 is 2.48 bits per heavy atom. The molecular weight excluding hydrogens is 327 g/mol. The van der Waals surface area contributed by atoms with Gasteiger partial charge in [-0.1, -0.05) is 0 Å². The van der Waals surface area contributed by atoms with Crippen molar-refractivity contribution < 1.29 is 31.8 Å². The molecule has 0 aliphatic heterocycles. The molecule has 0 saturated carbocycles. The van der Waals surface area contributed by atoms with Crippen molar-refractivity contribution in [1.82, 2.24) is 0 Å². The van der Waals surface area contributed by atoms with E-state index in [9.17, 15) is 17.6 Å². The van der Waals surface area contributed by atoms with E-state index in [0.29, 0.717) is 19.3 Å². The highest BCUT2D eigenvalue weighted by molar-refractivity contribution is 8.13. The van der Waals surface area contributed by atoms with Gasteiger partial charge in [-0.25, -0.2) is 17.6 Å². The number of esters is 1. The van der Waals surface area contributed by atoms with E-state index in [1.54, 1.807) is 0 Å². The van der Waals surface area contributed by atoms with Gasteiger partial charge in [0.1, 0.15) is 12.4 Å². The van der Waals surface area contributed by atoms with E-state index in [1.165, 1.54) is 7.11 Å². The van der Waals surface area contributed by atoms with Gasteiger partial charge < -0.3 is 14.2 Å². The lowest BCUT2D eigenvalue weighted by Gasteiger charge is -2.07. The highest BCUT2D eigenvalue weighted by Gasteiger charge is 2.16. The van der Waals surface area contributed by atoms with Crippen LogP contribution in [0.2, 0.25) is 0 Å². The fourth-order valence-electron chi connectivity index (χ4n) is 1.34. The van der Waals surface area contributed by atoms with Crippen LogP contribution >= 0.6 is 10.7 Å². The number of hydrogen-bond donors (Lipinski definition) is 0. The van der Waals surface area contributed by atoms with Crippen molar-refractivity contribution in [3.05, 3.63) is 29.6 Å². The normalized spacial score (nSPS) is 11.4. The molecule has 1 aromatic rings. The Labute approximate surface area is 126 Å². The SMILES string of the molecule is COCCOCCOC(=O)c1cc(F)cc(S(=O)(=O)Cl)c1. The average molecular weight is 341 g/mol. The molecule has 1 aromatic carbocycles. The lowest BCUT2D eigenvalue weighted by Crippen LogP contribution is -2.13. The second kappa shape index (κ2) is 8.28. The molecule has 0 radical (unpaired) electrons. The van der Waals surface area contributed by atoms with Crippen molar-refractivity contribution in [3.8, 4) is 0 Å². The molecule has 0 saturated heterocycles. The molecule has 0 heterocycles. The van der Waals surface area contributed by atoms with E-state index in [-0.39, 0.29) is 18.8 Å². The molecule has 118 valence electrons. The smallest absolute Gasteiger partial charge is 0.338 e. The van der Waals surface area contributed by atoms with Crippen LogP contribution in [0.25, 0.3) is 0 Å². The van der Waals surface area contributed by atoms with Crippen molar-refractivity contribution in [1.29, 1.82) is 0 Å². The van der Waals surface area contributed by atoms with Gasteiger partial charge in [-0.15, -0.1) is 0 Å². The Balaban J connectivity index is 2.60. The fraction of sp³-hybridized carbons (Fsp3) is 0.417. The van der Waals surface area contributed by atoms with E-state index in [1.807, 2.05) is 0 Å². The van der Waals surface area contributed by atoms with Crippen molar-refractivity contribution in [2.45, 2.75) is 4.90 Å². The molecular formula is C12H14ClFO6S. The van der Waals surface area contributed by atoms with Gasteiger partial charge in [0.05, 0.1) is 30.3 Å². The Bertz CT molecular complexity index is 589. The number of ether oxygens (including phenoxy) is 3. The van der Waals surface area contributed by atoms with Crippen molar-refractivity contribution >= 4 is 25.7 Å². The van der Waals surface area contributed by atoms with Gasteiger partial charge >= 0.3 is 5.97 Å². The largest absolute Gasteiger partial charge is 0.460 e. The maximum Gasteiger partial charge on any atom is 0.338 e. The lowest BCUT2D eigenvalue weighted by atomic mass is 10.2. The lowest BCUT2D eigenvalue weighted by molar-refractivity contribution is 0.0213. The summed E-state index contributed by atoms with van der Waals surface area (Å²) in [6.45, 7) is 0.852. The summed E-state index contributed by atoms with van der Waals surface area (Å²) in [5.74, 6) is -1.77. The van der Waals surface area contributed by atoms with E-state index >= 15 is 0 Å². The van der Waals surface area contributed by atoms with Crippen LogP contribution in [0.15, 0.2) is 23.1 Å². The molecule has 0 aliphatic carbocycles. The summed E-state index contributed by atoms with van der Waals surface area (Å²) in [6, 6.07) is 2.52. The summed E-state index contributed by atoms with van der Waals surface area (Å²) in [5, 5.41) is 0. The van der Waals surface area contributed by atoms with E-state index in [4.69, 9.17) is 24.9 Å².